The largest absolute Gasteiger partial charge is 0.119 e. The molecule has 0 heterocycles. The number of hydrogen-bond donors (Lipinski definition) is 0. The molecule has 0 saturated heterocycles. The van der Waals surface area contributed by atoms with E-state index in [2.05, 4.69) is 11.8 Å². The Morgan fingerprint density at radius 1 is 1.12 bits per heavy atom. The minimum Gasteiger partial charge on any atom is -0.119 e. The molecule has 0 fully saturated rings. The topological polar surface area (TPSA) is 0 Å². The zero-order chi connectivity index (χ0) is 6.57. The summed E-state index contributed by atoms with van der Waals surface area (Å²) < 4.78 is 0. The third-order valence-electron chi connectivity index (χ3n) is 1.03. The predicted molar refractivity (Wildman–Crippen MR) is 36.0 cm³/mol. The highest BCUT2D eigenvalue weighted by Gasteiger charge is 2.03. The van der Waals surface area contributed by atoms with Gasteiger partial charge >= 0.3 is 0 Å². The van der Waals surface area contributed by atoms with Crippen LogP contribution >= 0.6 is 0 Å². The van der Waals surface area contributed by atoms with Gasteiger partial charge in [0.05, 0.1) is 5.92 Å². The molecule has 0 aromatic heterocycles. The Balaban J connectivity index is 3.81. The van der Waals surface area contributed by atoms with Gasteiger partial charge in [0.1, 0.15) is 0 Å². The average Bonchev–Trinajstić information content (AvgIpc) is 1.69. The third-order valence-corrected chi connectivity index (χ3v) is 1.03. The van der Waals surface area contributed by atoms with Gasteiger partial charge in [0, 0.05) is 0 Å². The Morgan fingerprint density at radius 2 is 1.50 bits per heavy atom. The summed E-state index contributed by atoms with van der Waals surface area (Å²) in [5.41, 5.74) is 0. The zero-order valence-corrected chi connectivity index (χ0v) is 5.31. The lowest BCUT2D eigenvalue weighted by molar-refractivity contribution is 0.581. The fraction of sp³-hybridized carbons (Fsp3) is 0.500. The molecule has 0 unspecified atom stereocenters. The molecule has 8 heavy (non-hydrogen) atoms. The summed E-state index contributed by atoms with van der Waals surface area (Å²) >= 11 is 0. The summed E-state index contributed by atoms with van der Waals surface area (Å²) in [6.45, 7) is 4.04. The van der Waals surface area contributed by atoms with Gasteiger partial charge in [0.15, 0.2) is 0 Å². The normalized spacial score (nSPS) is 8.75. The molecule has 0 saturated carbocycles. The van der Waals surface area contributed by atoms with Crippen LogP contribution in [0, 0.1) is 36.5 Å². The number of hydrogen-bond acceptors (Lipinski definition) is 0. The summed E-state index contributed by atoms with van der Waals surface area (Å²) in [5.74, 6) is 5.45. The van der Waals surface area contributed by atoms with E-state index in [1.54, 1.807) is 0 Å². The van der Waals surface area contributed by atoms with Gasteiger partial charge in [0.2, 0.25) is 0 Å². The third kappa shape index (κ3) is 1.71. The van der Waals surface area contributed by atoms with Crippen LogP contribution in [0.1, 0.15) is 13.8 Å². The van der Waals surface area contributed by atoms with Crippen molar-refractivity contribution in [2.45, 2.75) is 13.8 Å². The van der Waals surface area contributed by atoms with Crippen molar-refractivity contribution in [3.8, 4) is 24.7 Å². The Labute approximate surface area is 51.3 Å². The van der Waals surface area contributed by atoms with Crippen LogP contribution in [0.25, 0.3) is 0 Å². The predicted octanol–water partition coefficient (Wildman–Crippen LogP) is 1.52. The first-order chi connectivity index (χ1) is 3.72. The molecular formula is C8H10. The van der Waals surface area contributed by atoms with Crippen LogP contribution in [0.3, 0.4) is 0 Å². The van der Waals surface area contributed by atoms with Gasteiger partial charge in [-0.3, -0.25) is 0 Å². The van der Waals surface area contributed by atoms with Crippen molar-refractivity contribution >= 4 is 0 Å². The van der Waals surface area contributed by atoms with Crippen molar-refractivity contribution < 1.29 is 0 Å². The lowest BCUT2D eigenvalue weighted by Crippen LogP contribution is -2.01. The van der Waals surface area contributed by atoms with Gasteiger partial charge in [-0.05, 0) is 5.92 Å². The molecule has 0 aliphatic carbocycles. The highest BCUT2D eigenvalue weighted by molar-refractivity contribution is 5.10. The number of rotatable bonds is 1. The van der Waals surface area contributed by atoms with Crippen LogP contribution in [-0.2, 0) is 0 Å². The van der Waals surface area contributed by atoms with Crippen LogP contribution < -0.4 is 0 Å². The minimum atomic E-state index is 0.00926. The molecule has 0 atom stereocenters. The molecule has 0 aromatic rings. The molecule has 0 aliphatic rings. The van der Waals surface area contributed by atoms with Gasteiger partial charge in [0.25, 0.3) is 0 Å². The highest BCUT2D eigenvalue weighted by Crippen LogP contribution is 2.06. The fourth-order valence-electron chi connectivity index (χ4n) is 0.433. The Bertz CT molecular complexity index is 115. The van der Waals surface area contributed by atoms with Gasteiger partial charge in [-0.1, -0.05) is 25.7 Å². The van der Waals surface area contributed by atoms with Crippen LogP contribution in [0.4, 0.5) is 0 Å². The lowest BCUT2D eigenvalue weighted by atomic mass is 9.98. The monoisotopic (exact) mass is 106 g/mol. The number of terminal acetylenes is 2. The van der Waals surface area contributed by atoms with E-state index in [4.69, 9.17) is 12.8 Å². The maximum atomic E-state index is 5.09. The molecule has 0 aromatic carbocycles. The Kier molecular flexibility index (Phi) is 2.82. The standard InChI is InChI=1S/C8H10/c1-5-8(6-2)7(3)4/h1-2,7-8H,3-4H3. The first kappa shape index (κ1) is 7.12. The summed E-state index contributed by atoms with van der Waals surface area (Å²) in [5, 5.41) is 0. The maximum Gasteiger partial charge on any atom is 0.0829 e. The van der Waals surface area contributed by atoms with Gasteiger partial charge < -0.3 is 0 Å². The van der Waals surface area contributed by atoms with Crippen LogP contribution in [-0.4, -0.2) is 0 Å². The molecular weight excluding hydrogens is 96.1 g/mol. The zero-order valence-electron chi connectivity index (χ0n) is 5.31. The molecule has 0 bridgehead atoms. The van der Waals surface area contributed by atoms with Crippen molar-refractivity contribution in [2.24, 2.45) is 11.8 Å². The van der Waals surface area contributed by atoms with E-state index >= 15 is 0 Å². The Hall–Kier alpha value is -0.880. The van der Waals surface area contributed by atoms with Gasteiger partial charge in [-0.2, -0.15) is 0 Å². The molecule has 0 radical (unpaired) electrons. The SMILES string of the molecule is C#CC(C#C)C(C)C. The summed E-state index contributed by atoms with van der Waals surface area (Å²) in [4.78, 5) is 0. The second-order valence-electron chi connectivity index (χ2n) is 2.06. The van der Waals surface area contributed by atoms with E-state index in [0.29, 0.717) is 5.92 Å². The van der Waals surface area contributed by atoms with E-state index in [9.17, 15) is 0 Å². The average molecular weight is 106 g/mol. The minimum absolute atomic E-state index is 0.00926. The molecule has 0 rings (SSSR count). The maximum absolute atomic E-state index is 5.09. The Morgan fingerprint density at radius 3 is 1.50 bits per heavy atom. The second-order valence-corrected chi connectivity index (χ2v) is 2.06. The van der Waals surface area contributed by atoms with E-state index < -0.39 is 0 Å². The quantitative estimate of drug-likeness (QED) is 0.445. The van der Waals surface area contributed by atoms with E-state index in [-0.39, 0.29) is 5.92 Å². The van der Waals surface area contributed by atoms with Crippen molar-refractivity contribution in [2.75, 3.05) is 0 Å². The molecule has 0 spiro atoms. The fourth-order valence-corrected chi connectivity index (χ4v) is 0.433. The molecule has 0 N–H and O–H groups in total. The van der Waals surface area contributed by atoms with Crippen molar-refractivity contribution in [1.82, 2.24) is 0 Å². The van der Waals surface area contributed by atoms with Crippen LogP contribution in [0.15, 0.2) is 0 Å². The molecule has 0 amide bonds. The summed E-state index contributed by atoms with van der Waals surface area (Å²) in [6, 6.07) is 0. The van der Waals surface area contributed by atoms with Gasteiger partial charge in [-0.15, -0.1) is 12.8 Å². The van der Waals surface area contributed by atoms with Crippen molar-refractivity contribution in [3.63, 3.8) is 0 Å². The van der Waals surface area contributed by atoms with Crippen LogP contribution in [0.5, 0.6) is 0 Å². The lowest BCUT2D eigenvalue weighted by Gasteiger charge is -2.04. The van der Waals surface area contributed by atoms with Gasteiger partial charge in [-0.25, -0.2) is 0 Å². The smallest absolute Gasteiger partial charge is 0.0829 e. The van der Waals surface area contributed by atoms with Crippen LogP contribution in [0.2, 0.25) is 0 Å². The highest BCUT2D eigenvalue weighted by atomic mass is 14.0. The van der Waals surface area contributed by atoms with Crippen molar-refractivity contribution in [3.05, 3.63) is 0 Å². The molecule has 0 heteroatoms. The van der Waals surface area contributed by atoms with E-state index in [1.165, 1.54) is 0 Å². The first-order valence-corrected chi connectivity index (χ1v) is 2.64. The first-order valence-electron chi connectivity index (χ1n) is 2.64. The molecule has 0 aliphatic heterocycles. The summed E-state index contributed by atoms with van der Waals surface area (Å²) in [6.07, 6.45) is 10.2. The molecule has 42 valence electrons. The van der Waals surface area contributed by atoms with E-state index in [0.717, 1.165) is 0 Å². The summed E-state index contributed by atoms with van der Waals surface area (Å²) in [7, 11) is 0. The second kappa shape index (κ2) is 3.16. The molecule has 0 nitrogen and oxygen atoms in total. The van der Waals surface area contributed by atoms with Crippen molar-refractivity contribution in [1.29, 1.82) is 0 Å². The van der Waals surface area contributed by atoms with E-state index in [1.807, 2.05) is 13.8 Å².